The minimum Gasteiger partial charge on any atom is -0.493 e. The minimum atomic E-state index is -0.514. The van der Waals surface area contributed by atoms with E-state index in [1.54, 1.807) is 0 Å². The first-order valence-electron chi connectivity index (χ1n) is 5.81. The second-order valence-electron chi connectivity index (χ2n) is 3.17. The van der Waals surface area contributed by atoms with Crippen LogP contribution in [0.15, 0.2) is 18.2 Å². The van der Waals surface area contributed by atoms with Crippen molar-refractivity contribution in [3.8, 4) is 11.5 Å². The molecule has 0 saturated heterocycles. The third kappa shape index (κ3) is 5.54. The maximum atomic E-state index is 12.8. The number of ether oxygens (including phenoxy) is 2. The van der Waals surface area contributed by atoms with Crippen LogP contribution in [0.3, 0.4) is 0 Å². The molecule has 3 nitrogen and oxygen atoms in total. The minimum absolute atomic E-state index is 0.179. The van der Waals surface area contributed by atoms with Crippen LogP contribution in [0.2, 0.25) is 0 Å². The van der Waals surface area contributed by atoms with Gasteiger partial charge in [-0.15, -0.1) is 0 Å². The van der Waals surface area contributed by atoms with Gasteiger partial charge in [0.2, 0.25) is 0 Å². The highest BCUT2D eigenvalue weighted by Crippen LogP contribution is 2.27. The molecule has 0 aliphatic carbocycles. The fourth-order valence-corrected chi connectivity index (χ4v) is 1.06. The summed E-state index contributed by atoms with van der Waals surface area (Å²) in [6.45, 7) is 6.04. The number of rotatable bonds is 5. The Balaban J connectivity index is 0.00000121. The molecule has 1 aromatic carbocycles. The van der Waals surface area contributed by atoms with Crippen molar-refractivity contribution in [3.05, 3.63) is 24.0 Å². The number of methoxy groups -OCH3 is 1. The lowest BCUT2D eigenvalue weighted by molar-refractivity contribution is 0.102. The Labute approximate surface area is 102 Å². The summed E-state index contributed by atoms with van der Waals surface area (Å²) in [6, 6.07) is 4.01. The van der Waals surface area contributed by atoms with E-state index in [9.17, 15) is 9.50 Å². The van der Waals surface area contributed by atoms with Crippen LogP contribution in [-0.2, 0) is 0 Å². The monoisotopic (exact) mass is 244 g/mol. The van der Waals surface area contributed by atoms with E-state index in [0.717, 1.165) is 0 Å². The lowest BCUT2D eigenvalue weighted by Crippen LogP contribution is -2.16. The highest BCUT2D eigenvalue weighted by molar-refractivity contribution is 5.39. The smallest absolute Gasteiger partial charge is 0.163 e. The van der Waals surface area contributed by atoms with Crippen LogP contribution in [0.1, 0.15) is 27.2 Å². The van der Waals surface area contributed by atoms with E-state index in [2.05, 4.69) is 0 Å². The van der Waals surface area contributed by atoms with Gasteiger partial charge in [0, 0.05) is 6.07 Å². The lowest BCUT2D eigenvalue weighted by atomic mass is 10.3. The molecule has 0 amide bonds. The van der Waals surface area contributed by atoms with E-state index in [4.69, 9.17) is 9.47 Å². The van der Waals surface area contributed by atoms with Crippen LogP contribution in [0.25, 0.3) is 0 Å². The maximum Gasteiger partial charge on any atom is 0.163 e. The first-order valence-corrected chi connectivity index (χ1v) is 5.81. The van der Waals surface area contributed by atoms with Gasteiger partial charge >= 0.3 is 0 Å². The molecule has 0 saturated carbocycles. The zero-order valence-electron chi connectivity index (χ0n) is 10.9. The Morgan fingerprint density at radius 2 is 1.94 bits per heavy atom. The first-order chi connectivity index (χ1) is 8.17. The van der Waals surface area contributed by atoms with E-state index in [0.29, 0.717) is 17.9 Å². The van der Waals surface area contributed by atoms with Gasteiger partial charge < -0.3 is 14.6 Å². The lowest BCUT2D eigenvalue weighted by Gasteiger charge is -2.12. The molecule has 0 fully saturated rings. The molecule has 0 aromatic heterocycles. The van der Waals surface area contributed by atoms with E-state index in [1.165, 1.54) is 25.3 Å². The van der Waals surface area contributed by atoms with Crippen LogP contribution < -0.4 is 9.47 Å². The number of aliphatic hydroxyl groups excluding tert-OH is 1. The summed E-state index contributed by atoms with van der Waals surface area (Å²) in [7, 11) is 1.44. The van der Waals surface area contributed by atoms with Gasteiger partial charge in [-0.2, -0.15) is 0 Å². The van der Waals surface area contributed by atoms with Gasteiger partial charge in [-0.3, -0.25) is 0 Å². The van der Waals surface area contributed by atoms with Crippen molar-refractivity contribution in [1.29, 1.82) is 0 Å². The summed E-state index contributed by atoms with van der Waals surface area (Å²) in [5.41, 5.74) is 0. The van der Waals surface area contributed by atoms with Gasteiger partial charge in [0.15, 0.2) is 11.5 Å². The summed E-state index contributed by atoms with van der Waals surface area (Å²) >= 11 is 0. The highest BCUT2D eigenvalue weighted by Gasteiger charge is 2.07. The fourth-order valence-electron chi connectivity index (χ4n) is 1.06. The van der Waals surface area contributed by atoms with Crippen LogP contribution in [-0.4, -0.2) is 24.9 Å². The third-order valence-corrected chi connectivity index (χ3v) is 2.03. The number of hydrogen-bond donors (Lipinski definition) is 1. The number of benzene rings is 1. The molecule has 0 aliphatic rings. The molecule has 1 unspecified atom stereocenters. The standard InChI is InChI=1S/C11H15FO3.C2H6/c1-3-9(13)7-15-10-5-4-8(12)6-11(10)14-2;1-2/h4-6,9,13H,3,7H2,1-2H3;1-2H3. The van der Waals surface area contributed by atoms with E-state index < -0.39 is 6.10 Å². The molecule has 17 heavy (non-hydrogen) atoms. The highest BCUT2D eigenvalue weighted by atomic mass is 19.1. The molecule has 1 N–H and O–H groups in total. The first kappa shape index (κ1) is 15.7. The van der Waals surface area contributed by atoms with E-state index >= 15 is 0 Å². The molecule has 0 heterocycles. The van der Waals surface area contributed by atoms with Gasteiger partial charge in [-0.05, 0) is 18.6 Å². The SMILES string of the molecule is CC.CCC(O)COc1ccc(F)cc1OC. The van der Waals surface area contributed by atoms with E-state index in [1.807, 2.05) is 20.8 Å². The summed E-state index contributed by atoms with van der Waals surface area (Å²) in [5, 5.41) is 9.30. The predicted molar refractivity (Wildman–Crippen MR) is 66.1 cm³/mol. The largest absolute Gasteiger partial charge is 0.493 e. The van der Waals surface area contributed by atoms with Crippen LogP contribution in [0.4, 0.5) is 4.39 Å². The van der Waals surface area contributed by atoms with Crippen molar-refractivity contribution in [1.82, 2.24) is 0 Å². The van der Waals surface area contributed by atoms with Crippen molar-refractivity contribution < 1.29 is 19.0 Å². The van der Waals surface area contributed by atoms with Crippen molar-refractivity contribution >= 4 is 0 Å². The fraction of sp³-hybridized carbons (Fsp3) is 0.538. The quantitative estimate of drug-likeness (QED) is 0.865. The van der Waals surface area contributed by atoms with Gasteiger partial charge in [-0.25, -0.2) is 4.39 Å². The van der Waals surface area contributed by atoms with Gasteiger partial charge in [-0.1, -0.05) is 20.8 Å². The van der Waals surface area contributed by atoms with Gasteiger partial charge in [0.05, 0.1) is 13.2 Å². The predicted octanol–water partition coefficient (Wildman–Crippen LogP) is 3.01. The van der Waals surface area contributed by atoms with Crippen LogP contribution >= 0.6 is 0 Å². The molecule has 1 atom stereocenters. The second-order valence-corrected chi connectivity index (χ2v) is 3.17. The van der Waals surface area contributed by atoms with Crippen LogP contribution in [0, 0.1) is 5.82 Å². The Morgan fingerprint density at radius 3 is 2.47 bits per heavy atom. The zero-order chi connectivity index (χ0) is 13.3. The molecule has 98 valence electrons. The summed E-state index contributed by atoms with van der Waals surface area (Å²) in [4.78, 5) is 0. The molecular weight excluding hydrogens is 223 g/mol. The molecule has 0 aliphatic heterocycles. The molecule has 1 aromatic rings. The Hall–Kier alpha value is -1.29. The Kier molecular flexibility index (Phi) is 8.15. The Bertz CT molecular complexity index is 316. The molecule has 0 radical (unpaired) electrons. The van der Waals surface area contributed by atoms with Crippen molar-refractivity contribution in [2.45, 2.75) is 33.3 Å². The maximum absolute atomic E-state index is 12.8. The number of aliphatic hydroxyl groups is 1. The second kappa shape index (κ2) is 8.82. The summed E-state index contributed by atoms with van der Waals surface area (Å²) < 4.78 is 23.1. The average Bonchev–Trinajstić information content (AvgIpc) is 2.39. The van der Waals surface area contributed by atoms with Crippen LogP contribution in [0.5, 0.6) is 11.5 Å². The normalized spacial score (nSPS) is 11.2. The number of halogens is 1. The van der Waals surface area contributed by atoms with Gasteiger partial charge in [0.1, 0.15) is 12.4 Å². The average molecular weight is 244 g/mol. The Morgan fingerprint density at radius 1 is 1.29 bits per heavy atom. The molecule has 0 spiro atoms. The van der Waals surface area contributed by atoms with Gasteiger partial charge in [0.25, 0.3) is 0 Å². The zero-order valence-corrected chi connectivity index (χ0v) is 10.9. The molecule has 4 heteroatoms. The summed E-state index contributed by atoms with van der Waals surface area (Å²) in [6.07, 6.45) is 0.100. The van der Waals surface area contributed by atoms with E-state index in [-0.39, 0.29) is 12.4 Å². The third-order valence-electron chi connectivity index (χ3n) is 2.03. The molecular formula is C13H21FO3. The van der Waals surface area contributed by atoms with Crippen molar-refractivity contribution in [2.75, 3.05) is 13.7 Å². The van der Waals surface area contributed by atoms with Crippen molar-refractivity contribution in [3.63, 3.8) is 0 Å². The molecule has 1 rings (SSSR count). The topological polar surface area (TPSA) is 38.7 Å². The summed E-state index contributed by atoms with van der Waals surface area (Å²) in [5.74, 6) is 0.389. The number of hydrogen-bond acceptors (Lipinski definition) is 3. The van der Waals surface area contributed by atoms with Crippen molar-refractivity contribution in [2.24, 2.45) is 0 Å². The molecule has 0 bridgehead atoms.